The number of aromatic nitrogens is 4. The van der Waals surface area contributed by atoms with E-state index in [1.165, 1.54) is 12.5 Å². The third-order valence-electron chi connectivity index (χ3n) is 4.72. The van der Waals surface area contributed by atoms with Gasteiger partial charge in [0.1, 0.15) is 11.5 Å². The highest BCUT2D eigenvalue weighted by atomic mass is 19.1. The number of benzene rings is 1. The summed E-state index contributed by atoms with van der Waals surface area (Å²) in [4.78, 5) is 11.0. The molecule has 1 aliphatic heterocycles. The van der Waals surface area contributed by atoms with E-state index < -0.39 is 0 Å². The van der Waals surface area contributed by atoms with Gasteiger partial charge in [0.2, 0.25) is 0 Å². The van der Waals surface area contributed by atoms with Gasteiger partial charge in [0, 0.05) is 48.3 Å². The normalized spacial score (nSPS) is 13.8. The minimum atomic E-state index is -0.299. The number of halogens is 1. The first-order valence-corrected chi connectivity index (χ1v) is 8.60. The van der Waals surface area contributed by atoms with Crippen LogP contribution in [0.25, 0.3) is 28.0 Å². The fraction of sp³-hybridized carbons (Fsp3) is 0.150. The van der Waals surface area contributed by atoms with Gasteiger partial charge in [-0.1, -0.05) is 6.07 Å². The zero-order valence-electron chi connectivity index (χ0n) is 14.0. The fourth-order valence-electron chi connectivity index (χ4n) is 3.16. The van der Waals surface area contributed by atoms with Gasteiger partial charge in [-0.25, -0.2) is 14.1 Å². The van der Waals surface area contributed by atoms with Gasteiger partial charge in [0.25, 0.3) is 0 Å². The molecule has 1 saturated heterocycles. The van der Waals surface area contributed by atoms with Crippen LogP contribution in [0.4, 0.5) is 10.1 Å². The first kappa shape index (κ1) is 15.0. The van der Waals surface area contributed by atoms with Crippen LogP contribution in [0.3, 0.4) is 0 Å². The number of nitrogens with zero attached hydrogens (tertiary/aromatic N) is 5. The van der Waals surface area contributed by atoms with E-state index in [-0.39, 0.29) is 5.82 Å². The number of pyridine rings is 2. The maximum absolute atomic E-state index is 14.4. The Labute approximate surface area is 149 Å². The topological polar surface area (TPSA) is 46.8 Å². The van der Waals surface area contributed by atoms with E-state index in [2.05, 4.69) is 20.0 Å². The van der Waals surface area contributed by atoms with E-state index >= 15 is 0 Å². The Kier molecular flexibility index (Phi) is 3.41. The van der Waals surface area contributed by atoms with Gasteiger partial charge in [-0.05, 0) is 42.8 Å². The molecule has 1 aromatic carbocycles. The van der Waals surface area contributed by atoms with Crippen molar-refractivity contribution >= 4 is 16.7 Å². The number of hydrogen-bond donors (Lipinski definition) is 0. The molecule has 0 N–H and O–H groups in total. The predicted molar refractivity (Wildman–Crippen MR) is 98.9 cm³/mol. The highest BCUT2D eigenvalue weighted by Gasteiger charge is 2.17. The third kappa shape index (κ3) is 2.50. The average molecular weight is 345 g/mol. The maximum atomic E-state index is 14.4. The molecule has 5 rings (SSSR count). The molecule has 0 spiro atoms. The maximum Gasteiger partial charge on any atom is 0.181 e. The summed E-state index contributed by atoms with van der Waals surface area (Å²) in [5.41, 5.74) is 3.80. The SMILES string of the molecule is Fc1ccc(N2CCC2)cc1-n1cc2cc(-c3ccccn3)cnc2n1. The van der Waals surface area contributed by atoms with Gasteiger partial charge in [-0.15, -0.1) is 5.10 Å². The molecule has 0 radical (unpaired) electrons. The Bertz CT molecular complexity index is 1090. The first-order chi connectivity index (χ1) is 12.8. The van der Waals surface area contributed by atoms with Crippen LogP contribution >= 0.6 is 0 Å². The molecule has 0 unspecified atom stereocenters. The standard InChI is InChI=1S/C20H16FN5/c21-17-6-5-16(25-8-3-9-25)11-19(17)26-13-15-10-14(12-23-20(15)24-26)18-4-1-2-7-22-18/h1-2,4-7,10-13H,3,8-9H2. The molecular weight excluding hydrogens is 329 g/mol. The largest absolute Gasteiger partial charge is 0.371 e. The van der Waals surface area contributed by atoms with Crippen molar-refractivity contribution in [2.24, 2.45) is 0 Å². The molecule has 0 amide bonds. The van der Waals surface area contributed by atoms with Crippen LogP contribution in [0.15, 0.2) is 61.1 Å². The van der Waals surface area contributed by atoms with Crippen molar-refractivity contribution < 1.29 is 4.39 Å². The second-order valence-electron chi connectivity index (χ2n) is 6.40. The summed E-state index contributed by atoms with van der Waals surface area (Å²) >= 11 is 0. The lowest BCUT2D eigenvalue weighted by atomic mass is 10.1. The lowest BCUT2D eigenvalue weighted by Gasteiger charge is -2.33. The van der Waals surface area contributed by atoms with Crippen molar-refractivity contribution in [2.75, 3.05) is 18.0 Å². The van der Waals surface area contributed by atoms with Crippen molar-refractivity contribution in [2.45, 2.75) is 6.42 Å². The molecule has 128 valence electrons. The van der Waals surface area contributed by atoms with Crippen LogP contribution in [0, 0.1) is 5.82 Å². The van der Waals surface area contributed by atoms with Gasteiger partial charge in [-0.3, -0.25) is 4.98 Å². The highest BCUT2D eigenvalue weighted by Crippen LogP contribution is 2.27. The average Bonchev–Trinajstić information content (AvgIpc) is 3.05. The molecule has 0 atom stereocenters. The summed E-state index contributed by atoms with van der Waals surface area (Å²) in [5.74, 6) is -0.299. The molecule has 26 heavy (non-hydrogen) atoms. The quantitative estimate of drug-likeness (QED) is 0.566. The molecule has 1 fully saturated rings. The summed E-state index contributed by atoms with van der Waals surface area (Å²) in [5, 5.41) is 5.30. The molecule has 4 heterocycles. The van der Waals surface area contributed by atoms with E-state index in [1.807, 2.05) is 42.6 Å². The van der Waals surface area contributed by atoms with Gasteiger partial charge in [0.15, 0.2) is 5.65 Å². The van der Waals surface area contributed by atoms with Crippen molar-refractivity contribution in [3.8, 4) is 16.9 Å². The molecule has 6 heteroatoms. The van der Waals surface area contributed by atoms with E-state index in [4.69, 9.17) is 0 Å². The molecule has 0 aliphatic carbocycles. The summed E-state index contributed by atoms with van der Waals surface area (Å²) in [6, 6.07) is 12.9. The van der Waals surface area contributed by atoms with E-state index in [0.29, 0.717) is 11.3 Å². The van der Waals surface area contributed by atoms with Crippen LogP contribution in [0.5, 0.6) is 0 Å². The zero-order chi connectivity index (χ0) is 17.5. The second kappa shape index (κ2) is 5.91. The minimum absolute atomic E-state index is 0.299. The van der Waals surface area contributed by atoms with Crippen molar-refractivity contribution in [1.29, 1.82) is 0 Å². The zero-order valence-corrected chi connectivity index (χ0v) is 14.0. The monoisotopic (exact) mass is 345 g/mol. The molecule has 0 saturated carbocycles. The Morgan fingerprint density at radius 3 is 2.69 bits per heavy atom. The van der Waals surface area contributed by atoms with Crippen LogP contribution in [-0.2, 0) is 0 Å². The fourth-order valence-corrected chi connectivity index (χ4v) is 3.16. The summed E-state index contributed by atoms with van der Waals surface area (Å²) in [6.07, 6.45) is 6.49. The minimum Gasteiger partial charge on any atom is -0.371 e. The highest BCUT2D eigenvalue weighted by molar-refractivity contribution is 5.80. The van der Waals surface area contributed by atoms with Crippen molar-refractivity contribution in [3.05, 3.63) is 66.9 Å². The molecule has 3 aromatic heterocycles. The number of rotatable bonds is 3. The van der Waals surface area contributed by atoms with Crippen molar-refractivity contribution in [1.82, 2.24) is 19.7 Å². The first-order valence-electron chi connectivity index (χ1n) is 8.60. The number of anilines is 1. The van der Waals surface area contributed by atoms with Gasteiger partial charge in [0.05, 0.1) is 5.69 Å². The van der Waals surface area contributed by atoms with E-state index in [9.17, 15) is 4.39 Å². The molecule has 4 aromatic rings. The molecule has 5 nitrogen and oxygen atoms in total. The van der Waals surface area contributed by atoms with Crippen molar-refractivity contribution in [3.63, 3.8) is 0 Å². The number of hydrogen-bond acceptors (Lipinski definition) is 4. The molecular formula is C20H16FN5. The Morgan fingerprint density at radius 2 is 1.92 bits per heavy atom. The smallest absolute Gasteiger partial charge is 0.181 e. The predicted octanol–water partition coefficient (Wildman–Crippen LogP) is 3.83. The Morgan fingerprint density at radius 1 is 1.00 bits per heavy atom. The van der Waals surface area contributed by atoms with Crippen LogP contribution < -0.4 is 4.90 Å². The van der Waals surface area contributed by atoms with E-state index in [1.54, 1.807) is 17.1 Å². The van der Waals surface area contributed by atoms with Crippen LogP contribution in [-0.4, -0.2) is 32.8 Å². The number of fused-ring (bicyclic) bond motifs is 1. The van der Waals surface area contributed by atoms with Gasteiger partial charge in [-0.2, -0.15) is 0 Å². The Balaban J connectivity index is 1.58. The Hall–Kier alpha value is -3.28. The van der Waals surface area contributed by atoms with Gasteiger partial charge >= 0.3 is 0 Å². The van der Waals surface area contributed by atoms with E-state index in [0.717, 1.165) is 35.4 Å². The second-order valence-corrected chi connectivity index (χ2v) is 6.40. The lowest BCUT2D eigenvalue weighted by molar-refractivity contribution is 0.601. The van der Waals surface area contributed by atoms with Crippen LogP contribution in [0.2, 0.25) is 0 Å². The van der Waals surface area contributed by atoms with Crippen LogP contribution in [0.1, 0.15) is 6.42 Å². The summed E-state index contributed by atoms with van der Waals surface area (Å²) in [7, 11) is 0. The third-order valence-corrected chi connectivity index (χ3v) is 4.72. The summed E-state index contributed by atoms with van der Waals surface area (Å²) in [6.45, 7) is 2.03. The molecule has 0 bridgehead atoms. The summed E-state index contributed by atoms with van der Waals surface area (Å²) < 4.78 is 16.0. The lowest BCUT2D eigenvalue weighted by Crippen LogP contribution is -2.37. The van der Waals surface area contributed by atoms with Gasteiger partial charge < -0.3 is 4.90 Å². The molecule has 1 aliphatic rings.